The molecular weight excluding hydrogens is 296 g/mol. The van der Waals surface area contributed by atoms with Crippen LogP contribution < -0.4 is 5.32 Å². The SMILES string of the molecule is O=C(Nc1ccc2ccccc2c1)N(Cc1ccccc1)C1CC1. The lowest BCUT2D eigenvalue weighted by Crippen LogP contribution is -2.36. The van der Waals surface area contributed by atoms with E-state index in [4.69, 9.17) is 0 Å². The Morgan fingerprint density at radius 2 is 1.62 bits per heavy atom. The van der Waals surface area contributed by atoms with Gasteiger partial charge in [0, 0.05) is 18.3 Å². The molecule has 1 N–H and O–H groups in total. The summed E-state index contributed by atoms with van der Waals surface area (Å²) in [5.41, 5.74) is 2.01. The van der Waals surface area contributed by atoms with Gasteiger partial charge in [0.25, 0.3) is 0 Å². The third-order valence-electron chi connectivity index (χ3n) is 4.44. The number of nitrogens with one attached hydrogen (secondary N) is 1. The van der Waals surface area contributed by atoms with E-state index >= 15 is 0 Å². The number of anilines is 1. The van der Waals surface area contributed by atoms with Crippen LogP contribution in [-0.4, -0.2) is 17.0 Å². The number of amides is 2. The zero-order valence-corrected chi connectivity index (χ0v) is 13.5. The molecule has 1 saturated carbocycles. The highest BCUT2D eigenvalue weighted by molar-refractivity contribution is 5.93. The van der Waals surface area contributed by atoms with Crippen LogP contribution in [0.3, 0.4) is 0 Å². The topological polar surface area (TPSA) is 32.3 Å². The van der Waals surface area contributed by atoms with Gasteiger partial charge in [-0.2, -0.15) is 0 Å². The minimum atomic E-state index is -0.0170. The summed E-state index contributed by atoms with van der Waals surface area (Å²) in [6, 6.07) is 24.7. The van der Waals surface area contributed by atoms with E-state index in [1.165, 1.54) is 5.39 Å². The van der Waals surface area contributed by atoms with Crippen LogP contribution >= 0.6 is 0 Å². The highest BCUT2D eigenvalue weighted by atomic mass is 16.2. The summed E-state index contributed by atoms with van der Waals surface area (Å²) in [5, 5.41) is 5.38. The Hall–Kier alpha value is -2.81. The molecule has 0 aliphatic heterocycles. The Morgan fingerprint density at radius 1 is 0.917 bits per heavy atom. The molecule has 2 amide bonds. The predicted octanol–water partition coefficient (Wildman–Crippen LogP) is 5.04. The molecule has 4 rings (SSSR count). The summed E-state index contributed by atoms with van der Waals surface area (Å²) in [7, 11) is 0. The monoisotopic (exact) mass is 316 g/mol. The van der Waals surface area contributed by atoms with Crippen LogP contribution in [0.15, 0.2) is 72.8 Å². The third kappa shape index (κ3) is 3.25. The summed E-state index contributed by atoms with van der Waals surface area (Å²) in [4.78, 5) is 14.7. The Labute approximate surface area is 141 Å². The van der Waals surface area contributed by atoms with E-state index in [9.17, 15) is 4.79 Å². The van der Waals surface area contributed by atoms with Gasteiger partial charge in [-0.25, -0.2) is 4.79 Å². The fourth-order valence-electron chi connectivity index (χ4n) is 3.00. The van der Waals surface area contributed by atoms with Crippen molar-refractivity contribution in [2.24, 2.45) is 0 Å². The number of hydrogen-bond donors (Lipinski definition) is 1. The van der Waals surface area contributed by atoms with Crippen molar-refractivity contribution in [3.05, 3.63) is 78.4 Å². The maximum absolute atomic E-state index is 12.7. The minimum Gasteiger partial charge on any atom is -0.317 e. The van der Waals surface area contributed by atoms with E-state index in [2.05, 4.69) is 29.6 Å². The van der Waals surface area contributed by atoms with Crippen LogP contribution in [-0.2, 0) is 6.54 Å². The average Bonchev–Trinajstić information content (AvgIpc) is 3.45. The fourth-order valence-corrected chi connectivity index (χ4v) is 3.00. The van der Waals surface area contributed by atoms with Gasteiger partial charge < -0.3 is 10.2 Å². The van der Waals surface area contributed by atoms with Crippen LogP contribution in [0, 0.1) is 0 Å². The molecule has 0 radical (unpaired) electrons. The zero-order valence-electron chi connectivity index (χ0n) is 13.5. The maximum Gasteiger partial charge on any atom is 0.322 e. The molecule has 1 aliphatic rings. The second kappa shape index (κ2) is 6.36. The summed E-state index contributed by atoms with van der Waals surface area (Å²) >= 11 is 0. The molecule has 0 aromatic heterocycles. The average molecular weight is 316 g/mol. The number of fused-ring (bicyclic) bond motifs is 1. The van der Waals surface area contributed by atoms with Crippen molar-refractivity contribution in [2.45, 2.75) is 25.4 Å². The predicted molar refractivity (Wildman–Crippen MR) is 98.0 cm³/mol. The quantitative estimate of drug-likeness (QED) is 0.719. The molecule has 0 bridgehead atoms. The van der Waals surface area contributed by atoms with Gasteiger partial charge in [-0.15, -0.1) is 0 Å². The zero-order chi connectivity index (χ0) is 16.4. The number of urea groups is 1. The van der Waals surface area contributed by atoms with Gasteiger partial charge in [-0.1, -0.05) is 60.7 Å². The molecule has 24 heavy (non-hydrogen) atoms. The standard InChI is InChI=1S/C21H20N2O/c24-21(22-19-11-10-17-8-4-5-9-18(17)14-19)23(20-12-13-20)15-16-6-2-1-3-7-16/h1-11,14,20H,12-13,15H2,(H,22,24). The van der Waals surface area contributed by atoms with Gasteiger partial charge in [0.05, 0.1) is 0 Å². The number of carbonyl (C=O) groups is 1. The fraction of sp³-hybridized carbons (Fsp3) is 0.190. The highest BCUT2D eigenvalue weighted by Crippen LogP contribution is 2.29. The number of nitrogens with zero attached hydrogens (tertiary/aromatic N) is 1. The molecule has 1 aliphatic carbocycles. The Bertz CT molecular complexity index is 856. The van der Waals surface area contributed by atoms with Gasteiger partial charge in [-0.3, -0.25) is 0 Å². The van der Waals surface area contributed by atoms with Gasteiger partial charge in [-0.05, 0) is 41.3 Å². The number of benzene rings is 3. The lowest BCUT2D eigenvalue weighted by molar-refractivity contribution is 0.206. The second-order valence-electron chi connectivity index (χ2n) is 6.34. The third-order valence-corrected chi connectivity index (χ3v) is 4.44. The molecule has 0 unspecified atom stereocenters. The van der Waals surface area contributed by atoms with Crippen molar-refractivity contribution in [3.63, 3.8) is 0 Å². The van der Waals surface area contributed by atoms with Crippen molar-refractivity contribution < 1.29 is 4.79 Å². The van der Waals surface area contributed by atoms with Gasteiger partial charge in [0.2, 0.25) is 0 Å². The summed E-state index contributed by atoms with van der Waals surface area (Å²) in [5.74, 6) is 0. The molecule has 3 heteroatoms. The summed E-state index contributed by atoms with van der Waals surface area (Å²) in [6.45, 7) is 0.658. The molecule has 120 valence electrons. The van der Waals surface area contributed by atoms with E-state index in [-0.39, 0.29) is 6.03 Å². The van der Waals surface area contributed by atoms with Crippen molar-refractivity contribution in [3.8, 4) is 0 Å². The number of carbonyl (C=O) groups excluding carboxylic acids is 1. The van der Waals surface area contributed by atoms with E-state index < -0.39 is 0 Å². The van der Waals surface area contributed by atoms with Gasteiger partial charge in [0.15, 0.2) is 0 Å². The Balaban J connectivity index is 1.52. The lowest BCUT2D eigenvalue weighted by atomic mass is 10.1. The summed E-state index contributed by atoms with van der Waals surface area (Å²) in [6.07, 6.45) is 2.19. The molecule has 0 spiro atoms. The molecule has 3 nitrogen and oxygen atoms in total. The van der Waals surface area contributed by atoms with Crippen LogP contribution in [0.1, 0.15) is 18.4 Å². The van der Waals surface area contributed by atoms with Gasteiger partial charge in [0.1, 0.15) is 0 Å². The smallest absolute Gasteiger partial charge is 0.317 e. The van der Waals surface area contributed by atoms with Crippen molar-refractivity contribution in [1.82, 2.24) is 4.90 Å². The van der Waals surface area contributed by atoms with Crippen LogP contribution in [0.25, 0.3) is 10.8 Å². The van der Waals surface area contributed by atoms with Crippen LogP contribution in [0.4, 0.5) is 10.5 Å². The molecule has 0 atom stereocenters. The first-order valence-electron chi connectivity index (χ1n) is 8.40. The van der Waals surface area contributed by atoms with E-state index in [1.807, 2.05) is 53.4 Å². The molecule has 1 fully saturated rings. The van der Waals surface area contributed by atoms with E-state index in [0.717, 1.165) is 29.5 Å². The maximum atomic E-state index is 12.7. The molecule has 0 heterocycles. The van der Waals surface area contributed by atoms with E-state index in [0.29, 0.717) is 12.6 Å². The van der Waals surface area contributed by atoms with Crippen LogP contribution in [0.5, 0.6) is 0 Å². The Kier molecular flexibility index (Phi) is 3.91. The molecule has 3 aromatic rings. The minimum absolute atomic E-state index is 0.0170. The van der Waals surface area contributed by atoms with Gasteiger partial charge >= 0.3 is 6.03 Å². The molecular formula is C21H20N2O. The highest BCUT2D eigenvalue weighted by Gasteiger charge is 2.32. The largest absolute Gasteiger partial charge is 0.322 e. The summed E-state index contributed by atoms with van der Waals surface area (Å²) < 4.78 is 0. The van der Waals surface area contributed by atoms with Crippen LogP contribution in [0.2, 0.25) is 0 Å². The first-order chi connectivity index (χ1) is 11.8. The number of rotatable bonds is 4. The van der Waals surface area contributed by atoms with Crippen molar-refractivity contribution in [1.29, 1.82) is 0 Å². The second-order valence-corrected chi connectivity index (χ2v) is 6.34. The Morgan fingerprint density at radius 3 is 2.38 bits per heavy atom. The van der Waals surface area contributed by atoms with E-state index in [1.54, 1.807) is 0 Å². The normalized spacial score (nSPS) is 13.7. The van der Waals surface area contributed by atoms with Crippen molar-refractivity contribution >= 4 is 22.5 Å². The molecule has 0 saturated heterocycles. The first-order valence-corrected chi connectivity index (χ1v) is 8.40. The first kappa shape index (κ1) is 14.8. The lowest BCUT2D eigenvalue weighted by Gasteiger charge is -2.23. The number of hydrogen-bond acceptors (Lipinski definition) is 1. The molecule has 3 aromatic carbocycles. The van der Waals surface area contributed by atoms with Crippen molar-refractivity contribution in [2.75, 3.05) is 5.32 Å².